The lowest BCUT2D eigenvalue weighted by Crippen LogP contribution is -2.53. The summed E-state index contributed by atoms with van der Waals surface area (Å²) in [7, 11) is -0.128. The van der Waals surface area contributed by atoms with Crippen molar-refractivity contribution in [2.75, 3.05) is 13.1 Å². The van der Waals surface area contributed by atoms with Crippen LogP contribution >= 0.6 is 0 Å². The number of piperidine rings is 1. The minimum atomic E-state index is -1.11. The molecule has 0 aromatic heterocycles. The van der Waals surface area contributed by atoms with Crippen molar-refractivity contribution in [1.29, 1.82) is 0 Å². The summed E-state index contributed by atoms with van der Waals surface area (Å²) in [5, 5.41) is 31.4. The summed E-state index contributed by atoms with van der Waals surface area (Å²) in [4.78, 5) is 40.8. The fraction of sp³-hybridized carbons (Fsp3) is 0.357. The zero-order chi connectivity index (χ0) is 38.2. The Labute approximate surface area is 320 Å². The van der Waals surface area contributed by atoms with Crippen molar-refractivity contribution >= 4 is 39.5 Å². The molecule has 3 heterocycles. The highest BCUT2D eigenvalue weighted by Gasteiger charge is 2.52. The van der Waals surface area contributed by atoms with Gasteiger partial charge in [0.1, 0.15) is 0 Å². The maximum Gasteiger partial charge on any atom is 0.412 e. The molecule has 3 saturated heterocycles. The van der Waals surface area contributed by atoms with Gasteiger partial charge in [-0.2, -0.15) is 0 Å². The van der Waals surface area contributed by atoms with Gasteiger partial charge in [-0.15, -0.1) is 0 Å². The highest BCUT2D eigenvalue weighted by molar-refractivity contribution is 6.64. The summed E-state index contributed by atoms with van der Waals surface area (Å²) >= 11 is 0. The second-order valence-electron chi connectivity index (χ2n) is 14.9. The van der Waals surface area contributed by atoms with Gasteiger partial charge in [0.15, 0.2) is 0 Å². The molecule has 9 nitrogen and oxygen atoms in total. The molecular formula is C42H49B3N3O6. The molecule has 7 rings (SSSR count). The van der Waals surface area contributed by atoms with Gasteiger partial charge >= 0.3 is 14.1 Å². The van der Waals surface area contributed by atoms with E-state index in [2.05, 4.69) is 72.8 Å². The zero-order valence-electron chi connectivity index (χ0n) is 31.2. The van der Waals surface area contributed by atoms with E-state index in [0.29, 0.717) is 45.2 Å². The van der Waals surface area contributed by atoms with Crippen LogP contribution < -0.4 is 0 Å². The predicted molar refractivity (Wildman–Crippen MR) is 216 cm³/mol. The minimum absolute atomic E-state index is 0.0564. The van der Waals surface area contributed by atoms with Crippen LogP contribution in [0.5, 0.6) is 0 Å². The lowest BCUT2D eigenvalue weighted by Gasteiger charge is -2.40. The molecule has 277 valence electrons. The van der Waals surface area contributed by atoms with E-state index in [4.69, 9.17) is 0 Å². The van der Waals surface area contributed by atoms with Gasteiger partial charge in [0, 0.05) is 18.5 Å². The first kappa shape index (κ1) is 39.2. The molecule has 1 unspecified atom stereocenters. The van der Waals surface area contributed by atoms with E-state index in [1.165, 1.54) is 28.9 Å². The van der Waals surface area contributed by atoms with Gasteiger partial charge in [0.25, 0.3) is 7.41 Å². The van der Waals surface area contributed by atoms with Gasteiger partial charge in [-0.1, -0.05) is 109 Å². The Balaban J connectivity index is 0.000000197. The lowest BCUT2D eigenvalue weighted by atomic mass is 9.75. The largest absolute Gasteiger partial charge is 0.432 e. The van der Waals surface area contributed by atoms with Crippen LogP contribution in [-0.4, -0.2) is 99.9 Å². The van der Waals surface area contributed by atoms with Crippen molar-refractivity contribution < 1.29 is 29.5 Å². The van der Waals surface area contributed by atoms with E-state index >= 15 is 0 Å². The fourth-order valence-corrected chi connectivity index (χ4v) is 8.41. The number of rotatable bonds is 11. The Kier molecular flexibility index (Phi) is 12.9. The Morgan fingerprint density at radius 3 is 1.63 bits per heavy atom. The third-order valence-corrected chi connectivity index (χ3v) is 11.3. The summed E-state index contributed by atoms with van der Waals surface area (Å²) in [6.07, 6.45) is 4.91. The summed E-state index contributed by atoms with van der Waals surface area (Å²) in [6, 6.07) is 37.2. The Morgan fingerprint density at radius 2 is 1.17 bits per heavy atom. The van der Waals surface area contributed by atoms with Crippen LogP contribution in [0.15, 0.2) is 109 Å². The average molecular weight is 724 g/mol. The molecule has 3 atom stereocenters. The zero-order valence-corrected chi connectivity index (χ0v) is 31.2. The molecular weight excluding hydrogens is 675 g/mol. The minimum Gasteiger partial charge on any atom is -0.432 e. The molecule has 4 aromatic rings. The van der Waals surface area contributed by atoms with Gasteiger partial charge < -0.3 is 34.4 Å². The highest BCUT2D eigenvalue weighted by Crippen LogP contribution is 2.40. The second-order valence-corrected chi connectivity index (χ2v) is 14.9. The molecule has 3 fully saturated rings. The standard InChI is InChI=1S/C24H29B2N2O4.C18H20BNO2/c1-26(32)28-21(15-18-7-9-20(10-8-18)19-5-3-2-4-6-19)16-22(23(28)30)24(31)11-13-27(14-12-24)25-17-29;1-19(22)20-17(11-12-18(20)21)13-14-7-9-16(10-8-14)15-5-3-2-4-6-15/h2-10,17,21-22,31-32H,11-16H2,1H3;2-10,17,22H,11-13H2,1H3/t21-,22?;17-/m10/s1. The van der Waals surface area contributed by atoms with Crippen LogP contribution in [0.4, 0.5) is 0 Å². The molecule has 54 heavy (non-hydrogen) atoms. The topological polar surface area (TPSA) is 122 Å². The predicted octanol–water partition coefficient (Wildman–Crippen LogP) is 4.86. The molecule has 3 aliphatic rings. The molecule has 0 aliphatic carbocycles. The number of hydrogen-bond donors (Lipinski definition) is 3. The number of benzene rings is 4. The van der Waals surface area contributed by atoms with Crippen LogP contribution in [0.2, 0.25) is 13.6 Å². The van der Waals surface area contributed by atoms with Gasteiger partial charge in [0.05, 0.1) is 17.7 Å². The van der Waals surface area contributed by atoms with Crippen LogP contribution in [0.1, 0.15) is 43.2 Å². The molecule has 0 saturated carbocycles. The van der Waals surface area contributed by atoms with E-state index in [1.807, 2.05) is 41.2 Å². The van der Waals surface area contributed by atoms with Gasteiger partial charge in [-0.3, -0.25) is 9.59 Å². The summed E-state index contributed by atoms with van der Waals surface area (Å²) in [6.45, 7) is 4.35. The number of carbonyl (C=O) groups is 3. The number of hydrogen-bond acceptors (Lipinski definition) is 7. The molecule has 1 radical (unpaired) electrons. The first-order valence-corrected chi connectivity index (χ1v) is 19.1. The monoisotopic (exact) mass is 724 g/mol. The van der Waals surface area contributed by atoms with Crippen LogP contribution in [0, 0.1) is 5.92 Å². The maximum atomic E-state index is 13.2. The molecule has 4 aromatic carbocycles. The summed E-state index contributed by atoms with van der Waals surface area (Å²) in [5.41, 5.74) is 5.87. The van der Waals surface area contributed by atoms with Crippen LogP contribution in [0.25, 0.3) is 22.3 Å². The lowest BCUT2D eigenvalue weighted by molar-refractivity contribution is -0.139. The Morgan fingerprint density at radius 1 is 0.704 bits per heavy atom. The van der Waals surface area contributed by atoms with E-state index in [1.54, 1.807) is 18.5 Å². The van der Waals surface area contributed by atoms with Crippen molar-refractivity contribution in [2.45, 2.75) is 76.3 Å². The molecule has 3 N–H and O–H groups in total. The Bertz CT molecular complexity index is 1840. The first-order valence-electron chi connectivity index (χ1n) is 19.1. The van der Waals surface area contributed by atoms with Gasteiger partial charge in [-0.25, -0.2) is 0 Å². The Hall–Kier alpha value is -4.48. The smallest absolute Gasteiger partial charge is 0.412 e. The number of amides is 2. The second kappa shape index (κ2) is 17.8. The van der Waals surface area contributed by atoms with Crippen molar-refractivity contribution in [3.8, 4) is 22.3 Å². The van der Waals surface area contributed by atoms with Crippen molar-refractivity contribution in [1.82, 2.24) is 14.4 Å². The maximum absolute atomic E-state index is 13.2. The quantitative estimate of drug-likeness (QED) is 0.149. The highest BCUT2D eigenvalue weighted by atomic mass is 16.3. The van der Waals surface area contributed by atoms with Crippen molar-refractivity contribution in [2.24, 2.45) is 5.92 Å². The van der Waals surface area contributed by atoms with Crippen molar-refractivity contribution in [3.05, 3.63) is 120 Å². The van der Waals surface area contributed by atoms with Crippen LogP contribution in [-0.2, 0) is 27.2 Å². The van der Waals surface area contributed by atoms with E-state index in [9.17, 15) is 29.5 Å². The molecule has 2 amide bonds. The number of carbonyl (C=O) groups excluding carboxylic acids is 3. The average Bonchev–Trinajstić information content (AvgIpc) is 3.72. The normalized spacial score (nSPS) is 21.0. The first-order chi connectivity index (χ1) is 26.1. The fourth-order valence-electron chi connectivity index (χ4n) is 8.41. The SMILES string of the molecule is CB(O)N1C(=O)C(C2(O)CCN([B]C=O)CC2)C[C@H]1Cc1ccc(-c2ccccc2)cc1.CB(O)N1C(=O)CC[C@H]1Cc1ccc(-c2ccccc2)cc1. The molecule has 0 spiro atoms. The van der Waals surface area contributed by atoms with Gasteiger partial charge in [-0.05, 0) is 98.6 Å². The third kappa shape index (κ3) is 9.24. The number of aliphatic hydroxyl groups is 1. The van der Waals surface area contributed by atoms with E-state index in [-0.39, 0.29) is 23.9 Å². The summed E-state index contributed by atoms with van der Waals surface area (Å²) < 4.78 is 0. The van der Waals surface area contributed by atoms with E-state index < -0.39 is 25.6 Å². The molecule has 3 aliphatic heterocycles. The third-order valence-electron chi connectivity index (χ3n) is 11.3. The van der Waals surface area contributed by atoms with Gasteiger partial charge in [0.2, 0.25) is 11.8 Å². The van der Waals surface area contributed by atoms with Crippen molar-refractivity contribution in [3.63, 3.8) is 0 Å². The van der Waals surface area contributed by atoms with Crippen LogP contribution in [0.3, 0.4) is 0 Å². The van der Waals surface area contributed by atoms with E-state index in [0.717, 1.165) is 35.7 Å². The number of nitrogens with zero attached hydrogens (tertiary/aromatic N) is 3. The molecule has 0 bridgehead atoms. The molecule has 12 heteroatoms. The summed E-state index contributed by atoms with van der Waals surface area (Å²) in [5.74, 6) is -0.661.